The van der Waals surface area contributed by atoms with Crippen LogP contribution in [0.15, 0.2) is 83.5 Å². The number of fused-ring (bicyclic) bond motifs is 1. The number of allylic oxidation sites excluding steroid dienone is 1. The van der Waals surface area contributed by atoms with Crippen molar-refractivity contribution in [3.05, 3.63) is 112 Å². The highest BCUT2D eigenvalue weighted by Gasteiger charge is 2.44. The summed E-state index contributed by atoms with van der Waals surface area (Å²) in [7, 11) is 0. The third kappa shape index (κ3) is 4.33. The SMILES string of the molecule is O=C(c1cccc(Cl)c1)N1N=C2/C(=C/c3ccc(F)cc3)CCC[C@@H]2[C@H]1c1ccc(F)cc1. The van der Waals surface area contributed by atoms with Crippen molar-refractivity contribution in [3.8, 4) is 0 Å². The number of halogens is 3. The maximum absolute atomic E-state index is 13.6. The Hall–Kier alpha value is -3.31. The minimum atomic E-state index is -0.344. The van der Waals surface area contributed by atoms with E-state index in [0.29, 0.717) is 10.6 Å². The fraction of sp³-hybridized carbons (Fsp3) is 0.185. The maximum atomic E-state index is 13.6. The van der Waals surface area contributed by atoms with E-state index in [1.807, 2.05) is 6.08 Å². The van der Waals surface area contributed by atoms with Crippen LogP contribution in [0.3, 0.4) is 0 Å². The van der Waals surface area contributed by atoms with Crippen LogP contribution < -0.4 is 0 Å². The molecule has 0 spiro atoms. The van der Waals surface area contributed by atoms with E-state index in [1.165, 1.54) is 29.3 Å². The first-order chi connectivity index (χ1) is 16.0. The van der Waals surface area contributed by atoms with Gasteiger partial charge in [0.15, 0.2) is 0 Å². The smallest absolute Gasteiger partial charge is 0.267 e. The topological polar surface area (TPSA) is 32.7 Å². The van der Waals surface area contributed by atoms with Crippen molar-refractivity contribution in [2.75, 3.05) is 0 Å². The highest BCUT2D eigenvalue weighted by molar-refractivity contribution is 6.31. The Kier molecular flexibility index (Phi) is 5.81. The summed E-state index contributed by atoms with van der Waals surface area (Å²) in [6.45, 7) is 0. The van der Waals surface area contributed by atoms with Crippen LogP contribution in [0, 0.1) is 17.6 Å². The lowest BCUT2D eigenvalue weighted by atomic mass is 9.77. The number of rotatable bonds is 3. The molecule has 1 aliphatic carbocycles. The van der Waals surface area contributed by atoms with E-state index in [1.54, 1.807) is 48.5 Å². The lowest BCUT2D eigenvalue weighted by Crippen LogP contribution is -2.31. The minimum absolute atomic E-state index is 0.0148. The fourth-order valence-corrected chi connectivity index (χ4v) is 4.87. The zero-order chi connectivity index (χ0) is 22.9. The Morgan fingerprint density at radius 1 is 1.00 bits per heavy atom. The third-order valence-corrected chi connectivity index (χ3v) is 6.44. The van der Waals surface area contributed by atoms with Gasteiger partial charge in [0.25, 0.3) is 5.91 Å². The molecule has 3 aromatic rings. The van der Waals surface area contributed by atoms with Crippen molar-refractivity contribution >= 4 is 29.3 Å². The molecule has 5 rings (SSSR count). The van der Waals surface area contributed by atoms with Gasteiger partial charge >= 0.3 is 0 Å². The van der Waals surface area contributed by atoms with Gasteiger partial charge in [-0.3, -0.25) is 4.79 Å². The molecule has 0 saturated heterocycles. The highest BCUT2D eigenvalue weighted by atomic mass is 35.5. The fourth-order valence-electron chi connectivity index (χ4n) is 4.68. The van der Waals surface area contributed by atoms with Crippen molar-refractivity contribution in [1.82, 2.24) is 5.01 Å². The van der Waals surface area contributed by atoms with Gasteiger partial charge in [0.1, 0.15) is 11.6 Å². The molecule has 1 heterocycles. The van der Waals surface area contributed by atoms with E-state index in [4.69, 9.17) is 16.7 Å². The Morgan fingerprint density at radius 2 is 1.70 bits per heavy atom. The molecular formula is C27H21ClF2N2O. The average Bonchev–Trinajstić information content (AvgIpc) is 3.21. The van der Waals surface area contributed by atoms with Gasteiger partial charge in [0.05, 0.1) is 11.8 Å². The molecule has 0 aromatic heterocycles. The molecule has 6 heteroatoms. The maximum Gasteiger partial charge on any atom is 0.274 e. The van der Waals surface area contributed by atoms with Crippen LogP contribution >= 0.6 is 11.6 Å². The van der Waals surface area contributed by atoms with Crippen molar-refractivity contribution in [3.63, 3.8) is 0 Å². The second-order valence-electron chi connectivity index (χ2n) is 8.36. The van der Waals surface area contributed by atoms with Crippen LogP contribution in [0.5, 0.6) is 0 Å². The van der Waals surface area contributed by atoms with Crippen LogP contribution in [-0.4, -0.2) is 16.6 Å². The van der Waals surface area contributed by atoms with Crippen molar-refractivity contribution in [1.29, 1.82) is 0 Å². The van der Waals surface area contributed by atoms with Crippen molar-refractivity contribution in [2.45, 2.75) is 25.3 Å². The molecule has 1 aliphatic heterocycles. The second kappa shape index (κ2) is 8.91. The lowest BCUT2D eigenvalue weighted by Gasteiger charge is -2.29. The van der Waals surface area contributed by atoms with Gasteiger partial charge in [-0.1, -0.05) is 41.9 Å². The van der Waals surface area contributed by atoms with Crippen molar-refractivity contribution in [2.24, 2.45) is 11.0 Å². The number of carbonyl (C=O) groups excluding carboxylic acids is 1. The molecule has 2 atom stereocenters. The predicted molar refractivity (Wildman–Crippen MR) is 126 cm³/mol. The molecule has 0 N–H and O–H groups in total. The number of amides is 1. The Morgan fingerprint density at radius 3 is 2.39 bits per heavy atom. The number of carbonyl (C=O) groups is 1. The molecule has 2 aliphatic rings. The molecule has 0 bridgehead atoms. The Labute approximate surface area is 196 Å². The monoisotopic (exact) mass is 462 g/mol. The molecule has 1 amide bonds. The van der Waals surface area contributed by atoms with Crippen LogP contribution in [0.1, 0.15) is 46.8 Å². The summed E-state index contributed by atoms with van der Waals surface area (Å²) < 4.78 is 27.0. The van der Waals surface area contributed by atoms with E-state index in [0.717, 1.165) is 41.7 Å². The standard InChI is InChI=1S/C27H21ClF2N2O/c28-21-5-1-4-20(16-21)27(33)32-26(18-9-13-23(30)14-10-18)24-6-2-3-19(25(24)31-32)15-17-7-11-22(29)12-8-17/h1,4-5,7-16,24,26H,2-3,6H2/b19-15+/t24-,26+/m0/s1. The largest absolute Gasteiger partial charge is 0.274 e. The van der Waals surface area contributed by atoms with E-state index >= 15 is 0 Å². The summed E-state index contributed by atoms with van der Waals surface area (Å²) in [6, 6.07) is 19.0. The first-order valence-electron chi connectivity index (χ1n) is 10.9. The molecule has 1 fully saturated rings. The summed E-state index contributed by atoms with van der Waals surface area (Å²) in [5.41, 5.74) is 4.05. The number of hydrazone groups is 1. The van der Waals surface area contributed by atoms with E-state index in [9.17, 15) is 13.6 Å². The first kappa shape index (κ1) is 21.5. The summed E-state index contributed by atoms with van der Waals surface area (Å²) in [5.74, 6) is -0.883. The molecule has 166 valence electrons. The van der Waals surface area contributed by atoms with Gasteiger partial charge in [-0.15, -0.1) is 0 Å². The van der Waals surface area contributed by atoms with Crippen LogP contribution in [0.4, 0.5) is 8.78 Å². The predicted octanol–water partition coefficient (Wildman–Crippen LogP) is 7.06. The molecule has 3 nitrogen and oxygen atoms in total. The number of hydrogen-bond acceptors (Lipinski definition) is 2. The second-order valence-corrected chi connectivity index (χ2v) is 8.80. The molecule has 0 radical (unpaired) electrons. The number of benzene rings is 3. The normalized spacial score (nSPS) is 21.1. The molecule has 33 heavy (non-hydrogen) atoms. The lowest BCUT2D eigenvalue weighted by molar-refractivity contribution is 0.0681. The zero-order valence-corrected chi connectivity index (χ0v) is 18.5. The summed E-state index contributed by atoms with van der Waals surface area (Å²) in [6.07, 6.45) is 4.64. The molecule has 3 aromatic carbocycles. The summed E-state index contributed by atoms with van der Waals surface area (Å²) in [5, 5.41) is 6.80. The van der Waals surface area contributed by atoms with Crippen LogP contribution in [0.25, 0.3) is 6.08 Å². The van der Waals surface area contributed by atoms with Crippen molar-refractivity contribution < 1.29 is 13.6 Å². The third-order valence-electron chi connectivity index (χ3n) is 6.20. The van der Waals surface area contributed by atoms with Gasteiger partial charge in [-0.05, 0) is 84.5 Å². The van der Waals surface area contributed by atoms with Gasteiger partial charge in [0.2, 0.25) is 0 Å². The van der Waals surface area contributed by atoms with E-state index in [-0.39, 0.29) is 29.5 Å². The summed E-state index contributed by atoms with van der Waals surface area (Å²) >= 11 is 6.13. The van der Waals surface area contributed by atoms with Crippen LogP contribution in [0.2, 0.25) is 5.02 Å². The van der Waals surface area contributed by atoms with E-state index < -0.39 is 0 Å². The van der Waals surface area contributed by atoms with Gasteiger partial charge in [-0.2, -0.15) is 5.10 Å². The average molecular weight is 463 g/mol. The molecule has 1 saturated carbocycles. The Balaban J connectivity index is 1.58. The van der Waals surface area contributed by atoms with Gasteiger partial charge in [0, 0.05) is 16.5 Å². The minimum Gasteiger partial charge on any atom is -0.267 e. The number of hydrogen-bond donors (Lipinski definition) is 0. The highest BCUT2D eigenvalue weighted by Crippen LogP contribution is 2.45. The van der Waals surface area contributed by atoms with Crippen LogP contribution in [-0.2, 0) is 0 Å². The number of nitrogens with zero attached hydrogens (tertiary/aromatic N) is 2. The van der Waals surface area contributed by atoms with Gasteiger partial charge < -0.3 is 0 Å². The first-order valence-corrected chi connectivity index (χ1v) is 11.3. The quantitative estimate of drug-likeness (QED) is 0.410. The molecule has 0 unspecified atom stereocenters. The van der Waals surface area contributed by atoms with Gasteiger partial charge in [-0.25, -0.2) is 13.8 Å². The Bertz CT molecular complexity index is 1250. The summed E-state index contributed by atoms with van der Waals surface area (Å²) in [4.78, 5) is 13.5. The zero-order valence-electron chi connectivity index (χ0n) is 17.7. The van der Waals surface area contributed by atoms with E-state index in [2.05, 4.69) is 0 Å². The molecular weight excluding hydrogens is 442 g/mol.